The Labute approximate surface area is 131 Å². The molecule has 0 bridgehead atoms. The van der Waals surface area contributed by atoms with Gasteiger partial charge in [-0.05, 0) is 37.0 Å². The highest BCUT2D eigenvalue weighted by atomic mass is 32.2. The van der Waals surface area contributed by atoms with Crippen LogP contribution in [-0.2, 0) is 21.2 Å². The summed E-state index contributed by atoms with van der Waals surface area (Å²) in [4.78, 5) is 14.5. The molecule has 1 atom stereocenters. The summed E-state index contributed by atoms with van der Waals surface area (Å²) in [6.07, 6.45) is 2.50. The first-order chi connectivity index (χ1) is 10.5. The zero-order chi connectivity index (χ0) is 15.7. The van der Waals surface area contributed by atoms with Crippen molar-refractivity contribution < 1.29 is 17.9 Å². The fraction of sp³-hybridized carbons (Fsp3) is 0.562. The molecule has 1 amide bonds. The van der Waals surface area contributed by atoms with E-state index in [2.05, 4.69) is 0 Å². The summed E-state index contributed by atoms with van der Waals surface area (Å²) in [7, 11) is -1.40. The number of hydrogen-bond donors (Lipinski definition) is 0. The van der Waals surface area contributed by atoms with Crippen molar-refractivity contribution >= 4 is 15.7 Å². The molecule has 3 rings (SSSR count). The second kappa shape index (κ2) is 5.91. The van der Waals surface area contributed by atoms with E-state index in [1.54, 1.807) is 7.11 Å². The van der Waals surface area contributed by atoms with Crippen LogP contribution in [0.3, 0.4) is 0 Å². The summed E-state index contributed by atoms with van der Waals surface area (Å²) in [5.74, 6) is 0.584. The highest BCUT2D eigenvalue weighted by Gasteiger charge is 2.40. The monoisotopic (exact) mass is 323 g/mol. The molecule has 0 N–H and O–H groups in total. The van der Waals surface area contributed by atoms with Crippen LogP contribution in [0.4, 0.5) is 0 Å². The van der Waals surface area contributed by atoms with E-state index in [0.717, 1.165) is 24.2 Å². The fourth-order valence-corrected chi connectivity index (χ4v) is 4.66. The average molecular weight is 323 g/mol. The van der Waals surface area contributed by atoms with Gasteiger partial charge in [0.05, 0.1) is 24.5 Å². The van der Waals surface area contributed by atoms with Crippen molar-refractivity contribution in [3.63, 3.8) is 0 Å². The van der Waals surface area contributed by atoms with Crippen LogP contribution in [0.15, 0.2) is 24.3 Å². The smallest absolute Gasteiger partial charge is 0.227 e. The minimum Gasteiger partial charge on any atom is -0.497 e. The number of benzene rings is 1. The minimum absolute atomic E-state index is 0.000562. The van der Waals surface area contributed by atoms with Crippen LogP contribution in [0.25, 0.3) is 0 Å². The first-order valence-corrected chi connectivity index (χ1v) is 9.44. The molecule has 1 aliphatic carbocycles. The van der Waals surface area contributed by atoms with E-state index in [0.29, 0.717) is 13.0 Å². The standard InChI is InChI=1S/C16H21NO4S/c1-21-15-6-2-12(3-7-15)10-17(14-4-5-14)16(18)13-8-9-22(19,20)11-13/h2-3,6-7,13-14H,4-5,8-11H2,1H3/t13-/m1/s1. The largest absolute Gasteiger partial charge is 0.497 e. The molecule has 0 radical (unpaired) electrons. The van der Waals surface area contributed by atoms with Crippen molar-refractivity contribution in [1.82, 2.24) is 4.90 Å². The highest BCUT2D eigenvalue weighted by Crippen LogP contribution is 2.32. The van der Waals surface area contributed by atoms with Gasteiger partial charge in [0.25, 0.3) is 0 Å². The maximum Gasteiger partial charge on any atom is 0.227 e. The topological polar surface area (TPSA) is 63.7 Å². The normalized spacial score (nSPS) is 23.2. The molecule has 0 unspecified atom stereocenters. The lowest BCUT2D eigenvalue weighted by molar-refractivity contribution is -0.136. The van der Waals surface area contributed by atoms with E-state index in [1.165, 1.54) is 0 Å². The molecule has 6 heteroatoms. The molecule has 1 heterocycles. The number of nitrogens with zero attached hydrogens (tertiary/aromatic N) is 1. The molecule has 1 saturated carbocycles. The summed E-state index contributed by atoms with van der Waals surface area (Å²) < 4.78 is 28.3. The lowest BCUT2D eigenvalue weighted by Gasteiger charge is -2.25. The quantitative estimate of drug-likeness (QED) is 0.826. The summed E-state index contributed by atoms with van der Waals surface area (Å²) in [5, 5.41) is 0. The van der Waals surface area contributed by atoms with Gasteiger partial charge in [0, 0.05) is 12.6 Å². The Balaban J connectivity index is 1.71. The van der Waals surface area contributed by atoms with Gasteiger partial charge < -0.3 is 9.64 Å². The lowest BCUT2D eigenvalue weighted by Crippen LogP contribution is -2.37. The van der Waals surface area contributed by atoms with Gasteiger partial charge in [-0.15, -0.1) is 0 Å². The number of amides is 1. The summed E-state index contributed by atoms with van der Waals surface area (Å²) >= 11 is 0. The Morgan fingerprint density at radius 1 is 1.23 bits per heavy atom. The maximum absolute atomic E-state index is 12.7. The second-order valence-electron chi connectivity index (χ2n) is 6.15. The molecule has 1 aliphatic heterocycles. The van der Waals surface area contributed by atoms with E-state index in [1.807, 2.05) is 29.2 Å². The minimum atomic E-state index is -3.03. The van der Waals surface area contributed by atoms with E-state index in [-0.39, 0.29) is 29.4 Å². The van der Waals surface area contributed by atoms with E-state index in [4.69, 9.17) is 4.74 Å². The lowest BCUT2D eigenvalue weighted by atomic mass is 10.1. The van der Waals surface area contributed by atoms with Crippen LogP contribution in [0.1, 0.15) is 24.8 Å². The zero-order valence-electron chi connectivity index (χ0n) is 12.7. The number of ether oxygens (including phenoxy) is 1. The van der Waals surface area contributed by atoms with Crippen molar-refractivity contribution in [2.45, 2.75) is 31.8 Å². The van der Waals surface area contributed by atoms with Crippen LogP contribution < -0.4 is 4.74 Å². The molecule has 1 aromatic rings. The van der Waals surface area contributed by atoms with Crippen molar-refractivity contribution in [3.05, 3.63) is 29.8 Å². The number of hydrogen-bond acceptors (Lipinski definition) is 4. The van der Waals surface area contributed by atoms with Gasteiger partial charge >= 0.3 is 0 Å². The Kier molecular flexibility index (Phi) is 4.12. The third-order valence-corrected chi connectivity index (χ3v) is 6.13. The van der Waals surface area contributed by atoms with Crippen molar-refractivity contribution in [2.75, 3.05) is 18.6 Å². The van der Waals surface area contributed by atoms with E-state index < -0.39 is 9.84 Å². The zero-order valence-corrected chi connectivity index (χ0v) is 13.5. The van der Waals surface area contributed by atoms with Gasteiger partial charge in [-0.25, -0.2) is 8.42 Å². The van der Waals surface area contributed by atoms with Gasteiger partial charge in [-0.1, -0.05) is 12.1 Å². The van der Waals surface area contributed by atoms with Crippen LogP contribution in [0.5, 0.6) is 5.75 Å². The van der Waals surface area contributed by atoms with Crippen LogP contribution in [0.2, 0.25) is 0 Å². The van der Waals surface area contributed by atoms with Crippen LogP contribution >= 0.6 is 0 Å². The highest BCUT2D eigenvalue weighted by molar-refractivity contribution is 7.91. The van der Waals surface area contributed by atoms with Gasteiger partial charge in [0.2, 0.25) is 5.91 Å². The van der Waals surface area contributed by atoms with Crippen molar-refractivity contribution in [1.29, 1.82) is 0 Å². The van der Waals surface area contributed by atoms with Crippen LogP contribution in [0, 0.1) is 5.92 Å². The maximum atomic E-state index is 12.7. The third kappa shape index (κ3) is 3.43. The number of sulfone groups is 1. The Hall–Kier alpha value is -1.56. The predicted molar refractivity (Wildman–Crippen MR) is 83.3 cm³/mol. The number of rotatable bonds is 5. The third-order valence-electron chi connectivity index (χ3n) is 4.36. The molecular formula is C16H21NO4S. The van der Waals surface area contributed by atoms with E-state index in [9.17, 15) is 13.2 Å². The van der Waals surface area contributed by atoms with Gasteiger partial charge in [0.1, 0.15) is 5.75 Å². The van der Waals surface area contributed by atoms with Gasteiger partial charge in [-0.2, -0.15) is 0 Å². The second-order valence-corrected chi connectivity index (χ2v) is 8.37. The van der Waals surface area contributed by atoms with Crippen molar-refractivity contribution in [2.24, 2.45) is 5.92 Å². The molecule has 120 valence electrons. The molecule has 0 spiro atoms. The summed E-state index contributed by atoms with van der Waals surface area (Å²) in [6, 6.07) is 7.94. The average Bonchev–Trinajstić information content (AvgIpc) is 3.28. The molecule has 1 saturated heterocycles. The molecule has 1 aromatic carbocycles. The number of methoxy groups -OCH3 is 1. The predicted octanol–water partition coefficient (Wildman–Crippen LogP) is 1.62. The Morgan fingerprint density at radius 3 is 2.41 bits per heavy atom. The van der Waals surface area contributed by atoms with E-state index >= 15 is 0 Å². The molecule has 2 aliphatic rings. The fourth-order valence-electron chi connectivity index (χ4n) is 2.93. The number of carbonyl (C=O) groups is 1. The molecular weight excluding hydrogens is 302 g/mol. The first kappa shape index (κ1) is 15.3. The Morgan fingerprint density at radius 2 is 1.91 bits per heavy atom. The van der Waals surface area contributed by atoms with Gasteiger partial charge in [0.15, 0.2) is 9.84 Å². The molecule has 5 nitrogen and oxygen atoms in total. The molecule has 2 fully saturated rings. The summed E-state index contributed by atoms with van der Waals surface area (Å²) in [5.41, 5.74) is 1.04. The Bertz CT molecular complexity index is 649. The van der Waals surface area contributed by atoms with Gasteiger partial charge in [-0.3, -0.25) is 4.79 Å². The summed E-state index contributed by atoms with van der Waals surface area (Å²) in [6.45, 7) is 0.546. The van der Waals surface area contributed by atoms with Crippen molar-refractivity contribution in [3.8, 4) is 5.75 Å². The number of carbonyl (C=O) groups excluding carboxylic acids is 1. The molecule has 22 heavy (non-hydrogen) atoms. The van der Waals surface area contributed by atoms with Crippen LogP contribution in [-0.4, -0.2) is 43.9 Å². The first-order valence-electron chi connectivity index (χ1n) is 7.62. The molecule has 0 aromatic heterocycles. The SMILES string of the molecule is COc1ccc(CN(C(=O)[C@@H]2CCS(=O)(=O)C2)C2CC2)cc1.